The highest BCUT2D eigenvalue weighted by atomic mass is 16.7. The number of nitrogens with zero attached hydrogens (tertiary/aromatic N) is 3. The van der Waals surface area contributed by atoms with Crippen molar-refractivity contribution in [3.8, 4) is 11.5 Å². The molecule has 3 heterocycles. The maximum absolute atomic E-state index is 14.0. The first-order valence-electron chi connectivity index (χ1n) is 13.9. The molecule has 1 aromatic heterocycles. The van der Waals surface area contributed by atoms with Crippen molar-refractivity contribution < 1.29 is 28.2 Å². The number of amides is 2. The number of benzene rings is 2. The molecule has 1 atom stereocenters. The van der Waals surface area contributed by atoms with Crippen LogP contribution >= 0.6 is 0 Å². The van der Waals surface area contributed by atoms with E-state index in [1.807, 2.05) is 67.6 Å². The molecule has 2 aromatic carbocycles. The maximum atomic E-state index is 14.0. The molecule has 0 radical (unpaired) electrons. The number of rotatable bonds is 12. The average molecular weight is 548 g/mol. The van der Waals surface area contributed by atoms with Gasteiger partial charge in [0.15, 0.2) is 11.5 Å². The van der Waals surface area contributed by atoms with Crippen LogP contribution in [-0.4, -0.2) is 79.2 Å². The highest BCUT2D eigenvalue weighted by Gasteiger charge is 2.29. The van der Waals surface area contributed by atoms with E-state index < -0.39 is 0 Å². The predicted molar refractivity (Wildman–Crippen MR) is 149 cm³/mol. The minimum Gasteiger partial charge on any atom is -0.467 e. The van der Waals surface area contributed by atoms with E-state index >= 15 is 0 Å². The fourth-order valence-electron chi connectivity index (χ4n) is 5.16. The lowest BCUT2D eigenvalue weighted by Crippen LogP contribution is -2.48. The number of hydrogen-bond donors (Lipinski definition) is 0. The Kier molecular flexibility index (Phi) is 9.36. The van der Waals surface area contributed by atoms with Crippen molar-refractivity contribution in [3.05, 3.63) is 83.8 Å². The van der Waals surface area contributed by atoms with Crippen LogP contribution in [-0.2, 0) is 27.4 Å². The summed E-state index contributed by atoms with van der Waals surface area (Å²) in [6, 6.07) is 19.2. The van der Waals surface area contributed by atoms with Gasteiger partial charge in [-0.15, -0.1) is 0 Å². The third kappa shape index (κ3) is 7.03. The van der Waals surface area contributed by atoms with E-state index in [0.717, 1.165) is 24.2 Å². The SMILES string of the molecule is CC[C@@H](C(=O)N(CCN1CCOCC1)CC(=O)N(Cc1ccc2c(c1)OCO2)Cc1ccco1)c1ccccc1. The summed E-state index contributed by atoms with van der Waals surface area (Å²) in [7, 11) is 0. The zero-order valence-electron chi connectivity index (χ0n) is 23.0. The predicted octanol–water partition coefficient (Wildman–Crippen LogP) is 3.89. The van der Waals surface area contributed by atoms with Crippen LogP contribution < -0.4 is 9.47 Å². The van der Waals surface area contributed by atoms with Gasteiger partial charge in [0.25, 0.3) is 0 Å². The van der Waals surface area contributed by atoms with Crippen LogP contribution in [0.5, 0.6) is 11.5 Å². The van der Waals surface area contributed by atoms with E-state index in [2.05, 4.69) is 4.90 Å². The molecule has 0 spiro atoms. The summed E-state index contributed by atoms with van der Waals surface area (Å²) in [4.78, 5) is 33.6. The van der Waals surface area contributed by atoms with Gasteiger partial charge in [-0.3, -0.25) is 14.5 Å². The quantitative estimate of drug-likeness (QED) is 0.340. The Labute approximate surface area is 235 Å². The van der Waals surface area contributed by atoms with Crippen molar-refractivity contribution in [3.63, 3.8) is 0 Å². The van der Waals surface area contributed by atoms with Crippen molar-refractivity contribution >= 4 is 11.8 Å². The molecule has 9 heteroatoms. The lowest BCUT2D eigenvalue weighted by atomic mass is 9.95. The molecule has 0 N–H and O–H groups in total. The van der Waals surface area contributed by atoms with Crippen LogP contribution in [0.2, 0.25) is 0 Å². The lowest BCUT2D eigenvalue weighted by molar-refractivity contribution is -0.142. The molecule has 2 aliphatic heterocycles. The summed E-state index contributed by atoms with van der Waals surface area (Å²) in [5.41, 5.74) is 1.87. The number of fused-ring (bicyclic) bond motifs is 1. The van der Waals surface area contributed by atoms with Crippen LogP contribution in [0.25, 0.3) is 0 Å². The standard InChI is InChI=1S/C31H37N3O6/c1-2-27(25-7-4-3-5-8-25)31(36)33(13-12-32-14-17-37-18-15-32)22-30(35)34(21-26-9-6-16-38-26)20-24-10-11-28-29(19-24)40-23-39-28/h3-11,16,19,27H,2,12-15,17-18,20-23H2,1H3/t27-/m1/s1. The Morgan fingerprint density at radius 1 is 0.925 bits per heavy atom. The van der Waals surface area contributed by atoms with Crippen molar-refractivity contribution in [2.45, 2.75) is 32.4 Å². The van der Waals surface area contributed by atoms with Gasteiger partial charge >= 0.3 is 0 Å². The van der Waals surface area contributed by atoms with Gasteiger partial charge in [-0.05, 0) is 41.8 Å². The monoisotopic (exact) mass is 547 g/mol. The molecule has 5 rings (SSSR count). The Bertz CT molecular complexity index is 1240. The second-order valence-electron chi connectivity index (χ2n) is 10.1. The van der Waals surface area contributed by atoms with Gasteiger partial charge in [0.05, 0.1) is 38.5 Å². The molecule has 0 unspecified atom stereocenters. The molecular formula is C31H37N3O6. The normalized spacial score (nSPS) is 15.5. The third-order valence-corrected chi connectivity index (χ3v) is 7.43. The smallest absolute Gasteiger partial charge is 0.242 e. The van der Waals surface area contributed by atoms with Gasteiger partial charge in [-0.1, -0.05) is 43.3 Å². The van der Waals surface area contributed by atoms with Crippen LogP contribution in [0.1, 0.15) is 36.1 Å². The van der Waals surface area contributed by atoms with Crippen molar-refractivity contribution in [1.82, 2.24) is 14.7 Å². The van der Waals surface area contributed by atoms with E-state index in [4.69, 9.17) is 18.6 Å². The largest absolute Gasteiger partial charge is 0.467 e. The molecular weight excluding hydrogens is 510 g/mol. The number of carbonyl (C=O) groups excluding carboxylic acids is 2. The molecule has 2 amide bonds. The van der Waals surface area contributed by atoms with Gasteiger partial charge in [-0.25, -0.2) is 0 Å². The summed E-state index contributed by atoms with van der Waals surface area (Å²) in [5.74, 6) is 1.55. The molecule has 40 heavy (non-hydrogen) atoms. The van der Waals surface area contributed by atoms with Gasteiger partial charge < -0.3 is 28.4 Å². The van der Waals surface area contributed by atoms with Crippen LogP contribution in [0.3, 0.4) is 0 Å². The Hall–Kier alpha value is -3.82. The van der Waals surface area contributed by atoms with Gasteiger partial charge in [0, 0.05) is 32.7 Å². The summed E-state index contributed by atoms with van der Waals surface area (Å²) in [6.45, 7) is 6.98. The second-order valence-corrected chi connectivity index (χ2v) is 10.1. The van der Waals surface area contributed by atoms with Crippen LogP contribution in [0, 0.1) is 0 Å². The second kappa shape index (κ2) is 13.5. The average Bonchev–Trinajstić information content (AvgIpc) is 3.68. The number of furan rings is 1. The highest BCUT2D eigenvalue weighted by molar-refractivity contribution is 5.88. The topological polar surface area (TPSA) is 84.7 Å². The Balaban J connectivity index is 1.35. The van der Waals surface area contributed by atoms with Crippen molar-refractivity contribution in [1.29, 1.82) is 0 Å². The Morgan fingerprint density at radius 2 is 1.73 bits per heavy atom. The number of ether oxygens (including phenoxy) is 3. The minimum atomic E-state index is -0.314. The van der Waals surface area contributed by atoms with E-state index in [-0.39, 0.29) is 31.1 Å². The number of hydrogen-bond acceptors (Lipinski definition) is 7. The molecule has 0 bridgehead atoms. The van der Waals surface area contributed by atoms with Crippen molar-refractivity contribution in [2.75, 3.05) is 52.7 Å². The zero-order valence-corrected chi connectivity index (χ0v) is 23.0. The summed E-state index contributed by atoms with van der Waals surface area (Å²) in [6.07, 6.45) is 2.25. The van der Waals surface area contributed by atoms with Crippen LogP contribution in [0.15, 0.2) is 71.3 Å². The molecule has 0 aliphatic carbocycles. The zero-order chi connectivity index (χ0) is 27.7. The van der Waals surface area contributed by atoms with Crippen molar-refractivity contribution in [2.24, 2.45) is 0 Å². The fraction of sp³-hybridized carbons (Fsp3) is 0.419. The first-order valence-corrected chi connectivity index (χ1v) is 13.9. The van der Waals surface area contributed by atoms with E-state index in [1.165, 1.54) is 0 Å². The van der Waals surface area contributed by atoms with Gasteiger partial charge in [0.1, 0.15) is 5.76 Å². The van der Waals surface area contributed by atoms with E-state index in [1.54, 1.807) is 16.1 Å². The van der Waals surface area contributed by atoms with Gasteiger partial charge in [0.2, 0.25) is 18.6 Å². The first-order chi connectivity index (χ1) is 19.6. The molecule has 0 saturated carbocycles. The van der Waals surface area contributed by atoms with Crippen LogP contribution in [0.4, 0.5) is 0 Å². The third-order valence-electron chi connectivity index (χ3n) is 7.43. The molecule has 212 valence electrons. The lowest BCUT2D eigenvalue weighted by Gasteiger charge is -2.33. The molecule has 1 saturated heterocycles. The first kappa shape index (κ1) is 27.7. The molecule has 3 aromatic rings. The molecule has 2 aliphatic rings. The minimum absolute atomic E-state index is 0.0161. The number of carbonyl (C=O) groups is 2. The highest BCUT2D eigenvalue weighted by Crippen LogP contribution is 2.33. The van der Waals surface area contributed by atoms with Gasteiger partial charge in [-0.2, -0.15) is 0 Å². The fourth-order valence-corrected chi connectivity index (χ4v) is 5.16. The summed E-state index contributed by atoms with van der Waals surface area (Å²) < 4.78 is 22.1. The maximum Gasteiger partial charge on any atom is 0.242 e. The van der Waals surface area contributed by atoms with E-state index in [9.17, 15) is 9.59 Å². The molecule has 9 nitrogen and oxygen atoms in total. The molecule has 1 fully saturated rings. The summed E-state index contributed by atoms with van der Waals surface area (Å²) >= 11 is 0. The Morgan fingerprint density at radius 3 is 2.48 bits per heavy atom. The van der Waals surface area contributed by atoms with E-state index in [0.29, 0.717) is 63.1 Å². The summed E-state index contributed by atoms with van der Waals surface area (Å²) in [5, 5.41) is 0. The number of morpholine rings is 1.